The van der Waals surface area contributed by atoms with E-state index in [0.717, 1.165) is 5.56 Å². The summed E-state index contributed by atoms with van der Waals surface area (Å²) in [7, 11) is 0. The first-order valence-corrected chi connectivity index (χ1v) is 5.44. The van der Waals surface area contributed by atoms with Gasteiger partial charge in [-0.15, -0.1) is 0 Å². The van der Waals surface area contributed by atoms with Crippen LogP contribution in [0.3, 0.4) is 0 Å². The summed E-state index contributed by atoms with van der Waals surface area (Å²) in [5, 5.41) is 8.68. The predicted molar refractivity (Wildman–Crippen MR) is 62.4 cm³/mol. The van der Waals surface area contributed by atoms with Crippen molar-refractivity contribution in [2.75, 3.05) is 13.2 Å². The van der Waals surface area contributed by atoms with Gasteiger partial charge in [-0.25, -0.2) is 5.48 Å². The third-order valence-electron chi connectivity index (χ3n) is 3.17. The van der Waals surface area contributed by atoms with Gasteiger partial charge in [-0.1, -0.05) is 13.0 Å². The van der Waals surface area contributed by atoms with Crippen LogP contribution in [0.5, 0.6) is 0 Å². The molecule has 6 heteroatoms. The molecule has 1 fully saturated rings. The van der Waals surface area contributed by atoms with E-state index in [0.29, 0.717) is 13.2 Å². The van der Waals surface area contributed by atoms with E-state index >= 15 is 0 Å². The topological polar surface area (TPSA) is 102 Å². The molecule has 0 saturated carbocycles. The van der Waals surface area contributed by atoms with Gasteiger partial charge in [0.15, 0.2) is 0 Å². The Labute approximate surface area is 104 Å². The zero-order valence-corrected chi connectivity index (χ0v) is 9.90. The lowest BCUT2D eigenvalue weighted by Crippen LogP contribution is -2.44. The van der Waals surface area contributed by atoms with Crippen LogP contribution in [-0.2, 0) is 10.2 Å². The zero-order chi connectivity index (χ0) is 13.3. The van der Waals surface area contributed by atoms with E-state index in [9.17, 15) is 9.59 Å². The highest BCUT2D eigenvalue weighted by Crippen LogP contribution is 2.32. The van der Waals surface area contributed by atoms with E-state index in [1.165, 1.54) is 11.5 Å². The molecule has 2 amide bonds. The third-order valence-corrected chi connectivity index (χ3v) is 3.17. The standard InChI is InChI=1S/C12H14N2O4/c1-12(5-18-6-12)7-2-3-8(10(13)15)9(4-7)11(16)14-17/h2-4,17H,5-6H2,1H3,(H2,13,15)(H,14,16). The van der Waals surface area contributed by atoms with Crippen molar-refractivity contribution < 1.29 is 19.5 Å². The fourth-order valence-electron chi connectivity index (χ4n) is 1.96. The zero-order valence-electron chi connectivity index (χ0n) is 9.90. The number of primary amides is 1. The lowest BCUT2D eigenvalue weighted by atomic mass is 9.79. The second-order valence-electron chi connectivity index (χ2n) is 4.62. The molecule has 0 unspecified atom stereocenters. The Morgan fingerprint density at radius 3 is 2.50 bits per heavy atom. The van der Waals surface area contributed by atoms with E-state index in [1.807, 2.05) is 6.92 Å². The maximum absolute atomic E-state index is 11.5. The van der Waals surface area contributed by atoms with E-state index in [-0.39, 0.29) is 16.5 Å². The van der Waals surface area contributed by atoms with Gasteiger partial charge in [-0.05, 0) is 17.7 Å². The molecule has 1 saturated heterocycles. The summed E-state index contributed by atoms with van der Waals surface area (Å²) in [6, 6.07) is 4.80. The molecule has 6 nitrogen and oxygen atoms in total. The molecule has 18 heavy (non-hydrogen) atoms. The normalized spacial score (nSPS) is 16.8. The molecule has 0 bridgehead atoms. The van der Waals surface area contributed by atoms with Gasteiger partial charge < -0.3 is 10.5 Å². The Morgan fingerprint density at radius 2 is 2.06 bits per heavy atom. The van der Waals surface area contributed by atoms with Crippen molar-refractivity contribution >= 4 is 11.8 Å². The van der Waals surface area contributed by atoms with Gasteiger partial charge in [0.2, 0.25) is 5.91 Å². The number of nitrogens with one attached hydrogen (secondary N) is 1. The second-order valence-corrected chi connectivity index (χ2v) is 4.62. The molecule has 0 radical (unpaired) electrons. The van der Waals surface area contributed by atoms with Gasteiger partial charge in [0.05, 0.1) is 24.3 Å². The number of hydrogen-bond donors (Lipinski definition) is 3. The quantitative estimate of drug-likeness (QED) is 0.526. The summed E-state index contributed by atoms with van der Waals surface area (Å²) in [5.74, 6) is -1.47. The molecule has 0 spiro atoms. The Bertz CT molecular complexity index is 509. The van der Waals surface area contributed by atoms with Crippen LogP contribution in [0.25, 0.3) is 0 Å². The maximum Gasteiger partial charge on any atom is 0.275 e. The summed E-state index contributed by atoms with van der Waals surface area (Å²) >= 11 is 0. The van der Waals surface area contributed by atoms with Crippen molar-refractivity contribution in [1.29, 1.82) is 0 Å². The van der Waals surface area contributed by atoms with E-state index in [2.05, 4.69) is 0 Å². The number of carbonyl (C=O) groups excluding carboxylic acids is 2. The molecule has 1 aliphatic heterocycles. The van der Waals surface area contributed by atoms with Gasteiger partial charge in [-0.2, -0.15) is 0 Å². The largest absolute Gasteiger partial charge is 0.379 e. The number of hydroxylamine groups is 1. The number of hydrogen-bond acceptors (Lipinski definition) is 4. The van der Waals surface area contributed by atoms with Crippen LogP contribution < -0.4 is 11.2 Å². The SMILES string of the molecule is CC1(c2ccc(C(N)=O)c(C(=O)NO)c2)COC1. The fraction of sp³-hybridized carbons (Fsp3) is 0.333. The number of amides is 2. The number of rotatable bonds is 3. The van der Waals surface area contributed by atoms with Crippen LogP contribution in [-0.4, -0.2) is 30.2 Å². The van der Waals surface area contributed by atoms with Gasteiger partial charge in [0, 0.05) is 5.41 Å². The van der Waals surface area contributed by atoms with Crippen LogP contribution >= 0.6 is 0 Å². The molecule has 0 atom stereocenters. The average Bonchev–Trinajstić information content (AvgIpc) is 2.34. The van der Waals surface area contributed by atoms with E-state index in [1.54, 1.807) is 12.1 Å². The smallest absolute Gasteiger partial charge is 0.275 e. The van der Waals surface area contributed by atoms with Crippen molar-refractivity contribution in [3.63, 3.8) is 0 Å². The molecule has 0 aliphatic carbocycles. The molecule has 2 rings (SSSR count). The van der Waals surface area contributed by atoms with Crippen LogP contribution in [0.15, 0.2) is 18.2 Å². The first-order chi connectivity index (χ1) is 8.48. The number of benzene rings is 1. The fourth-order valence-corrected chi connectivity index (χ4v) is 1.96. The van der Waals surface area contributed by atoms with Crippen LogP contribution in [0.2, 0.25) is 0 Å². The number of carbonyl (C=O) groups is 2. The molecule has 1 heterocycles. The van der Waals surface area contributed by atoms with Crippen molar-refractivity contribution in [3.05, 3.63) is 34.9 Å². The van der Waals surface area contributed by atoms with Crippen molar-refractivity contribution in [2.45, 2.75) is 12.3 Å². The molecule has 1 aliphatic rings. The van der Waals surface area contributed by atoms with Crippen molar-refractivity contribution in [2.24, 2.45) is 5.73 Å². The van der Waals surface area contributed by atoms with Gasteiger partial charge in [0.1, 0.15) is 0 Å². The average molecular weight is 250 g/mol. The summed E-state index contributed by atoms with van der Waals surface area (Å²) in [5.41, 5.74) is 7.55. The molecule has 1 aromatic rings. The highest BCUT2D eigenvalue weighted by atomic mass is 16.5. The molecule has 1 aromatic carbocycles. The minimum atomic E-state index is -0.755. The predicted octanol–water partition coefficient (Wildman–Crippen LogP) is 0.192. The second kappa shape index (κ2) is 4.40. The lowest BCUT2D eigenvalue weighted by Gasteiger charge is -2.38. The van der Waals surface area contributed by atoms with E-state index < -0.39 is 11.8 Å². The first-order valence-electron chi connectivity index (χ1n) is 5.44. The highest BCUT2D eigenvalue weighted by Gasteiger charge is 2.36. The summed E-state index contributed by atoms with van der Waals surface area (Å²) in [6.07, 6.45) is 0. The highest BCUT2D eigenvalue weighted by molar-refractivity contribution is 6.06. The minimum Gasteiger partial charge on any atom is -0.379 e. The minimum absolute atomic E-state index is 0.0654. The Hall–Kier alpha value is -1.92. The number of nitrogens with two attached hydrogens (primary N) is 1. The van der Waals surface area contributed by atoms with E-state index in [4.69, 9.17) is 15.7 Å². The Morgan fingerprint density at radius 1 is 1.39 bits per heavy atom. The maximum atomic E-state index is 11.5. The summed E-state index contributed by atoms with van der Waals surface area (Å²) in [6.45, 7) is 3.11. The first kappa shape index (κ1) is 12.5. The summed E-state index contributed by atoms with van der Waals surface area (Å²) in [4.78, 5) is 22.7. The van der Waals surface area contributed by atoms with Crippen LogP contribution in [0.4, 0.5) is 0 Å². The lowest BCUT2D eigenvalue weighted by molar-refractivity contribution is -0.0500. The van der Waals surface area contributed by atoms with Crippen LogP contribution in [0, 0.1) is 0 Å². The van der Waals surface area contributed by atoms with Crippen LogP contribution in [0.1, 0.15) is 33.2 Å². The molecule has 4 N–H and O–H groups in total. The van der Waals surface area contributed by atoms with Gasteiger partial charge in [-0.3, -0.25) is 14.8 Å². The molecular weight excluding hydrogens is 236 g/mol. The summed E-state index contributed by atoms with van der Waals surface area (Å²) < 4.78 is 5.16. The molecular formula is C12H14N2O4. The number of ether oxygens (including phenoxy) is 1. The molecule has 96 valence electrons. The van der Waals surface area contributed by atoms with Crippen molar-refractivity contribution in [3.8, 4) is 0 Å². The monoisotopic (exact) mass is 250 g/mol. The van der Waals surface area contributed by atoms with Crippen molar-refractivity contribution in [1.82, 2.24) is 5.48 Å². The molecule has 0 aromatic heterocycles. The Balaban J connectivity index is 2.48. The van der Waals surface area contributed by atoms with Gasteiger partial charge >= 0.3 is 0 Å². The third kappa shape index (κ3) is 1.96. The van der Waals surface area contributed by atoms with Gasteiger partial charge in [0.25, 0.3) is 5.91 Å². The Kier molecular flexibility index (Phi) is 3.06.